The monoisotopic (exact) mass is 428 g/mol. The number of benzene rings is 2. The van der Waals surface area contributed by atoms with Crippen molar-refractivity contribution in [1.29, 1.82) is 0 Å². The van der Waals surface area contributed by atoms with E-state index in [1.807, 2.05) is 30.1 Å². The molecule has 5 rings (SSSR count). The van der Waals surface area contributed by atoms with Crippen molar-refractivity contribution in [2.24, 2.45) is 0 Å². The molecule has 1 aliphatic carbocycles. The third kappa shape index (κ3) is 2.87. The maximum atomic E-state index is 12.2. The number of piperidine rings is 1. The maximum Gasteiger partial charge on any atom is 0.222 e. The number of rotatable bonds is 2. The summed E-state index contributed by atoms with van der Waals surface area (Å²) in [6, 6.07) is 13.0. The van der Waals surface area contributed by atoms with Crippen molar-refractivity contribution in [2.45, 2.75) is 53.3 Å². The van der Waals surface area contributed by atoms with Crippen LogP contribution < -0.4 is 0 Å². The van der Waals surface area contributed by atoms with Gasteiger partial charge >= 0.3 is 0 Å². The molecule has 1 amide bonds. The number of amides is 1. The average Bonchev–Trinajstić information content (AvgIpc) is 3.09. The SMILES string of the molecule is CN1C(=O)CC[C@]2(C)c3ccc(Sc4nc5cccc(Cl)c5s4)cc3CCC12. The highest BCUT2D eigenvalue weighted by atomic mass is 35.5. The van der Waals surface area contributed by atoms with Crippen LogP contribution in [0.3, 0.4) is 0 Å². The van der Waals surface area contributed by atoms with Gasteiger partial charge in [0.15, 0.2) is 4.34 Å². The minimum absolute atomic E-state index is 0.0584. The van der Waals surface area contributed by atoms with E-state index in [9.17, 15) is 4.79 Å². The summed E-state index contributed by atoms with van der Waals surface area (Å²) in [4.78, 5) is 20.1. The van der Waals surface area contributed by atoms with E-state index in [1.54, 1.807) is 23.1 Å². The van der Waals surface area contributed by atoms with Gasteiger partial charge in [-0.15, -0.1) is 11.3 Å². The second kappa shape index (κ2) is 6.75. The molecule has 28 heavy (non-hydrogen) atoms. The highest BCUT2D eigenvalue weighted by molar-refractivity contribution is 8.01. The first-order valence-corrected chi connectivity index (χ1v) is 11.6. The summed E-state index contributed by atoms with van der Waals surface area (Å²) in [5, 5.41) is 0.766. The third-order valence-corrected chi connectivity index (χ3v) is 8.97. The molecular weight excluding hydrogens is 408 g/mol. The number of likely N-dealkylation sites (N-methyl/N-ethyl adjacent to an activating group) is 1. The van der Waals surface area contributed by atoms with Crippen LogP contribution in [-0.4, -0.2) is 28.9 Å². The standard InChI is InChI=1S/C22H21ClN2OS2/c1-22-11-10-19(26)25(2)18(22)9-6-13-12-14(7-8-15(13)22)27-21-24-17-5-3-4-16(23)20(17)28-21/h3-5,7-8,12,18H,6,9-11H2,1-2H3/t18?,22-/m1/s1. The van der Waals surface area contributed by atoms with Crippen molar-refractivity contribution in [3.8, 4) is 0 Å². The zero-order valence-electron chi connectivity index (χ0n) is 15.9. The first-order chi connectivity index (χ1) is 13.5. The summed E-state index contributed by atoms with van der Waals surface area (Å²) in [7, 11) is 1.97. The molecule has 1 saturated heterocycles. The van der Waals surface area contributed by atoms with E-state index in [4.69, 9.17) is 16.6 Å². The topological polar surface area (TPSA) is 33.2 Å². The lowest BCUT2D eigenvalue weighted by molar-refractivity contribution is -0.138. The van der Waals surface area contributed by atoms with Gasteiger partial charge in [-0.25, -0.2) is 4.98 Å². The minimum atomic E-state index is 0.0584. The zero-order chi connectivity index (χ0) is 19.5. The molecule has 3 nitrogen and oxygen atoms in total. The van der Waals surface area contributed by atoms with Crippen molar-refractivity contribution in [3.05, 3.63) is 52.5 Å². The Hall–Kier alpha value is -1.56. The van der Waals surface area contributed by atoms with Crippen molar-refractivity contribution in [3.63, 3.8) is 0 Å². The lowest BCUT2D eigenvalue weighted by Gasteiger charge is -2.50. The number of hydrogen-bond acceptors (Lipinski definition) is 4. The van der Waals surface area contributed by atoms with Gasteiger partial charge in [0.1, 0.15) is 0 Å². The third-order valence-electron chi connectivity index (χ3n) is 6.39. The number of aryl methyl sites for hydroxylation is 1. The van der Waals surface area contributed by atoms with Crippen LogP contribution >= 0.6 is 34.7 Å². The van der Waals surface area contributed by atoms with Crippen LogP contribution in [-0.2, 0) is 16.6 Å². The lowest BCUT2D eigenvalue weighted by atomic mass is 9.63. The normalized spacial score (nSPS) is 24.3. The van der Waals surface area contributed by atoms with E-state index in [-0.39, 0.29) is 11.3 Å². The fourth-order valence-corrected chi connectivity index (χ4v) is 7.24. The van der Waals surface area contributed by atoms with Crippen LogP contribution in [0, 0.1) is 0 Å². The van der Waals surface area contributed by atoms with E-state index in [0.29, 0.717) is 12.5 Å². The Morgan fingerprint density at radius 3 is 2.96 bits per heavy atom. The van der Waals surface area contributed by atoms with Crippen LogP contribution in [0.4, 0.5) is 0 Å². The van der Waals surface area contributed by atoms with Gasteiger partial charge in [0.05, 0.1) is 15.2 Å². The number of aromatic nitrogens is 1. The maximum absolute atomic E-state index is 12.2. The molecule has 1 unspecified atom stereocenters. The van der Waals surface area contributed by atoms with Gasteiger partial charge < -0.3 is 4.90 Å². The van der Waals surface area contributed by atoms with Crippen LogP contribution in [0.2, 0.25) is 5.02 Å². The summed E-state index contributed by atoms with van der Waals surface area (Å²) >= 11 is 9.66. The Morgan fingerprint density at radius 2 is 2.14 bits per heavy atom. The molecule has 1 aromatic heterocycles. The quantitative estimate of drug-likeness (QED) is 0.507. The Morgan fingerprint density at radius 1 is 1.29 bits per heavy atom. The molecule has 0 radical (unpaired) electrons. The van der Waals surface area contributed by atoms with Crippen molar-refractivity contribution in [2.75, 3.05) is 7.05 Å². The van der Waals surface area contributed by atoms with Gasteiger partial charge in [0.25, 0.3) is 0 Å². The van der Waals surface area contributed by atoms with E-state index in [1.165, 1.54) is 16.0 Å². The Kier molecular flexibility index (Phi) is 4.45. The van der Waals surface area contributed by atoms with Gasteiger partial charge in [0.2, 0.25) is 5.91 Å². The first-order valence-electron chi connectivity index (χ1n) is 9.58. The molecule has 1 fully saturated rings. The fraction of sp³-hybridized carbons (Fsp3) is 0.364. The summed E-state index contributed by atoms with van der Waals surface area (Å²) in [5.41, 5.74) is 3.86. The summed E-state index contributed by atoms with van der Waals surface area (Å²) in [6.45, 7) is 2.33. The number of carbonyl (C=O) groups is 1. The molecule has 2 aromatic carbocycles. The van der Waals surface area contributed by atoms with Crippen LogP contribution in [0.15, 0.2) is 45.6 Å². The Balaban J connectivity index is 1.46. The lowest BCUT2D eigenvalue weighted by Crippen LogP contribution is -2.56. The number of hydrogen-bond donors (Lipinski definition) is 0. The van der Waals surface area contributed by atoms with Gasteiger partial charge in [-0.1, -0.05) is 42.4 Å². The summed E-state index contributed by atoms with van der Waals surface area (Å²) in [6.07, 6.45) is 3.65. The largest absolute Gasteiger partial charge is 0.342 e. The fourth-order valence-electron chi connectivity index (χ4n) is 4.87. The first kappa shape index (κ1) is 18.5. The van der Waals surface area contributed by atoms with E-state index >= 15 is 0 Å². The minimum Gasteiger partial charge on any atom is -0.342 e. The second-order valence-electron chi connectivity index (χ2n) is 7.97. The molecule has 2 atom stereocenters. The number of carbonyl (C=O) groups excluding carboxylic acids is 1. The number of thiazole rings is 1. The van der Waals surface area contributed by atoms with Crippen molar-refractivity contribution < 1.29 is 4.79 Å². The van der Waals surface area contributed by atoms with E-state index in [2.05, 4.69) is 25.1 Å². The predicted octanol–water partition coefficient (Wildman–Crippen LogP) is 5.93. The summed E-state index contributed by atoms with van der Waals surface area (Å²) < 4.78 is 2.07. The van der Waals surface area contributed by atoms with Gasteiger partial charge in [0, 0.05) is 29.8 Å². The molecule has 6 heteroatoms. The molecule has 144 valence electrons. The molecule has 3 aromatic rings. The van der Waals surface area contributed by atoms with Crippen LogP contribution in [0.5, 0.6) is 0 Å². The number of nitrogens with zero attached hydrogens (tertiary/aromatic N) is 2. The predicted molar refractivity (Wildman–Crippen MR) is 117 cm³/mol. The van der Waals surface area contributed by atoms with Gasteiger partial charge in [-0.2, -0.15) is 0 Å². The Labute approximate surface area is 178 Å². The summed E-state index contributed by atoms with van der Waals surface area (Å²) in [5.74, 6) is 0.285. The smallest absolute Gasteiger partial charge is 0.222 e. The molecule has 2 aliphatic rings. The number of halogens is 1. The van der Waals surface area contributed by atoms with Crippen LogP contribution in [0.25, 0.3) is 10.2 Å². The van der Waals surface area contributed by atoms with Crippen molar-refractivity contribution >= 4 is 50.8 Å². The molecule has 0 bridgehead atoms. The Bertz CT molecular complexity index is 1100. The number of fused-ring (bicyclic) bond motifs is 4. The molecule has 2 heterocycles. The molecule has 0 N–H and O–H groups in total. The molecule has 1 aliphatic heterocycles. The zero-order valence-corrected chi connectivity index (χ0v) is 18.3. The van der Waals surface area contributed by atoms with Crippen LogP contribution in [0.1, 0.15) is 37.3 Å². The molecular formula is C22H21ClN2OS2. The average molecular weight is 429 g/mol. The highest BCUT2D eigenvalue weighted by Gasteiger charge is 2.46. The van der Waals surface area contributed by atoms with Gasteiger partial charge in [-0.3, -0.25) is 4.79 Å². The second-order valence-corrected chi connectivity index (χ2v) is 10.7. The highest BCUT2D eigenvalue weighted by Crippen LogP contribution is 2.47. The molecule has 0 spiro atoms. The number of likely N-dealkylation sites (tertiary alicyclic amines) is 1. The van der Waals surface area contributed by atoms with Gasteiger partial charge in [-0.05, 0) is 54.7 Å². The molecule has 0 saturated carbocycles. The van der Waals surface area contributed by atoms with E-state index < -0.39 is 0 Å². The van der Waals surface area contributed by atoms with E-state index in [0.717, 1.165) is 38.8 Å². The van der Waals surface area contributed by atoms with Crippen molar-refractivity contribution in [1.82, 2.24) is 9.88 Å².